The van der Waals surface area contributed by atoms with E-state index in [-0.39, 0.29) is 11.5 Å². The molecule has 3 aromatic carbocycles. The summed E-state index contributed by atoms with van der Waals surface area (Å²) in [7, 11) is 0. The minimum atomic E-state index is -0.191. The van der Waals surface area contributed by atoms with Gasteiger partial charge in [0, 0.05) is 5.69 Å². The number of hydrogen-bond donors (Lipinski definition) is 2. The molecule has 0 atom stereocenters. The molecule has 6 heteroatoms. The van der Waals surface area contributed by atoms with Crippen molar-refractivity contribution in [2.45, 2.75) is 52.4 Å². The summed E-state index contributed by atoms with van der Waals surface area (Å²) in [6, 6.07) is 18.5. The van der Waals surface area contributed by atoms with Crippen LogP contribution < -0.4 is 14.8 Å². The predicted molar refractivity (Wildman–Crippen MR) is 154 cm³/mol. The molecule has 1 aliphatic carbocycles. The molecule has 6 nitrogen and oxygen atoms in total. The number of phenols is 1. The van der Waals surface area contributed by atoms with Crippen LogP contribution in [0.25, 0.3) is 0 Å². The zero-order chi connectivity index (χ0) is 26.7. The largest absolute Gasteiger partial charge is 0.507 e. The molecule has 3 aromatic rings. The molecule has 0 aromatic heterocycles. The predicted octanol–water partition coefficient (Wildman–Crippen LogP) is 8.15. The van der Waals surface area contributed by atoms with E-state index in [4.69, 9.17) is 14.5 Å². The highest BCUT2D eigenvalue weighted by atomic mass is 16.5. The van der Waals surface area contributed by atoms with Gasteiger partial charge in [-0.15, -0.1) is 0 Å². The number of allylic oxidation sites excluding steroid dienone is 2. The SMILES string of the molecule is CCCCCOc1ccc(N=C2C=CC(=O)c3c(Nc4ccc(OCCCCC)cc4)ccc(O)c32)cc1. The van der Waals surface area contributed by atoms with Crippen molar-refractivity contribution in [3.63, 3.8) is 0 Å². The second-order valence-electron chi connectivity index (χ2n) is 9.33. The molecule has 1 aliphatic rings. The maximum atomic E-state index is 12.9. The molecule has 0 saturated heterocycles. The van der Waals surface area contributed by atoms with Crippen LogP contribution in [0, 0.1) is 0 Å². The molecule has 198 valence electrons. The fourth-order valence-corrected chi connectivity index (χ4v) is 4.26. The Labute approximate surface area is 225 Å². The lowest BCUT2D eigenvalue weighted by atomic mass is 9.91. The molecule has 0 heterocycles. The number of carbonyl (C=O) groups is 1. The number of nitrogens with one attached hydrogen (secondary N) is 1. The lowest BCUT2D eigenvalue weighted by molar-refractivity contribution is 0.104. The van der Waals surface area contributed by atoms with Crippen molar-refractivity contribution in [2.75, 3.05) is 18.5 Å². The van der Waals surface area contributed by atoms with E-state index in [9.17, 15) is 9.90 Å². The van der Waals surface area contributed by atoms with Crippen LogP contribution in [0.3, 0.4) is 0 Å². The Morgan fingerprint density at radius 3 is 1.95 bits per heavy atom. The maximum absolute atomic E-state index is 12.9. The first-order chi connectivity index (χ1) is 18.6. The van der Waals surface area contributed by atoms with Crippen molar-refractivity contribution >= 4 is 28.6 Å². The van der Waals surface area contributed by atoms with E-state index in [1.54, 1.807) is 18.2 Å². The Balaban J connectivity index is 1.52. The number of ketones is 1. The summed E-state index contributed by atoms with van der Waals surface area (Å²) >= 11 is 0. The third-order valence-corrected chi connectivity index (χ3v) is 6.33. The number of aliphatic imine (C=N–C) groups is 1. The Hall–Kier alpha value is -4.06. The van der Waals surface area contributed by atoms with Crippen molar-refractivity contribution in [1.82, 2.24) is 0 Å². The molecule has 38 heavy (non-hydrogen) atoms. The zero-order valence-corrected chi connectivity index (χ0v) is 22.2. The van der Waals surface area contributed by atoms with Gasteiger partial charge in [-0.25, -0.2) is 4.99 Å². The molecule has 0 unspecified atom stereocenters. The molecule has 4 rings (SSSR count). The average Bonchev–Trinajstić information content (AvgIpc) is 2.93. The summed E-state index contributed by atoms with van der Waals surface area (Å²) in [5, 5.41) is 14.0. The number of hydrogen-bond acceptors (Lipinski definition) is 6. The Kier molecular flexibility index (Phi) is 9.57. The summed E-state index contributed by atoms with van der Waals surface area (Å²) in [6.07, 6.45) is 9.81. The number of ether oxygens (including phenoxy) is 2. The van der Waals surface area contributed by atoms with Gasteiger partial charge in [0.2, 0.25) is 0 Å². The number of rotatable bonds is 13. The number of anilines is 2. The molecular formula is C32H36N2O4. The summed E-state index contributed by atoms with van der Waals surface area (Å²) in [4.78, 5) is 17.7. The van der Waals surface area contributed by atoms with Crippen LogP contribution in [0.4, 0.5) is 17.1 Å². The van der Waals surface area contributed by atoms with Crippen molar-refractivity contribution in [1.29, 1.82) is 0 Å². The number of aromatic hydroxyl groups is 1. The van der Waals surface area contributed by atoms with Crippen molar-refractivity contribution < 1.29 is 19.4 Å². The monoisotopic (exact) mass is 512 g/mol. The van der Waals surface area contributed by atoms with E-state index >= 15 is 0 Å². The Morgan fingerprint density at radius 1 is 0.737 bits per heavy atom. The minimum Gasteiger partial charge on any atom is -0.507 e. The number of carbonyl (C=O) groups excluding carboxylic acids is 1. The van der Waals surface area contributed by atoms with E-state index in [0.29, 0.717) is 41.4 Å². The van der Waals surface area contributed by atoms with Gasteiger partial charge in [0.05, 0.1) is 41.4 Å². The van der Waals surface area contributed by atoms with Gasteiger partial charge in [-0.1, -0.05) is 39.5 Å². The number of benzene rings is 3. The lowest BCUT2D eigenvalue weighted by Gasteiger charge is -2.19. The number of unbranched alkanes of at least 4 members (excludes halogenated alkanes) is 4. The van der Waals surface area contributed by atoms with Gasteiger partial charge in [-0.3, -0.25) is 4.79 Å². The molecule has 2 N–H and O–H groups in total. The molecule has 0 fully saturated rings. The average molecular weight is 513 g/mol. The van der Waals surface area contributed by atoms with E-state index in [1.165, 1.54) is 6.08 Å². The highest BCUT2D eigenvalue weighted by Gasteiger charge is 2.25. The fraction of sp³-hybridized carbons (Fsp3) is 0.312. The van der Waals surface area contributed by atoms with E-state index in [2.05, 4.69) is 19.2 Å². The topological polar surface area (TPSA) is 80.2 Å². The second-order valence-corrected chi connectivity index (χ2v) is 9.33. The van der Waals surface area contributed by atoms with Gasteiger partial charge in [0.15, 0.2) is 5.78 Å². The molecular weight excluding hydrogens is 476 g/mol. The number of nitrogens with zero attached hydrogens (tertiary/aromatic N) is 1. The molecule has 0 saturated carbocycles. The fourth-order valence-electron chi connectivity index (χ4n) is 4.26. The minimum absolute atomic E-state index is 0.00806. The summed E-state index contributed by atoms with van der Waals surface area (Å²) in [5.41, 5.74) is 3.45. The molecule has 0 spiro atoms. The van der Waals surface area contributed by atoms with Crippen LogP contribution in [0.5, 0.6) is 17.2 Å². The lowest BCUT2D eigenvalue weighted by Crippen LogP contribution is -2.15. The van der Waals surface area contributed by atoms with Crippen LogP contribution in [0.15, 0.2) is 77.8 Å². The van der Waals surface area contributed by atoms with E-state index in [0.717, 1.165) is 55.7 Å². The van der Waals surface area contributed by atoms with Crippen molar-refractivity contribution in [3.8, 4) is 17.2 Å². The maximum Gasteiger partial charge on any atom is 0.188 e. The first-order valence-corrected chi connectivity index (χ1v) is 13.5. The summed E-state index contributed by atoms with van der Waals surface area (Å²) in [5.74, 6) is 1.43. The third kappa shape index (κ3) is 7.03. The van der Waals surface area contributed by atoms with Gasteiger partial charge < -0.3 is 19.9 Å². The normalized spacial score (nSPS) is 13.4. The Morgan fingerprint density at radius 2 is 1.34 bits per heavy atom. The van der Waals surface area contributed by atoms with Crippen LogP contribution in [-0.4, -0.2) is 29.8 Å². The molecule has 0 bridgehead atoms. The highest BCUT2D eigenvalue weighted by Crippen LogP contribution is 2.35. The van der Waals surface area contributed by atoms with Crippen LogP contribution in [0.1, 0.15) is 68.3 Å². The zero-order valence-electron chi connectivity index (χ0n) is 22.2. The van der Waals surface area contributed by atoms with Crippen molar-refractivity contribution in [2.24, 2.45) is 4.99 Å². The molecule has 0 aliphatic heterocycles. The smallest absolute Gasteiger partial charge is 0.188 e. The van der Waals surface area contributed by atoms with Gasteiger partial charge in [0.1, 0.15) is 17.2 Å². The first-order valence-electron chi connectivity index (χ1n) is 13.5. The highest BCUT2D eigenvalue weighted by molar-refractivity contribution is 6.27. The standard InChI is InChI=1S/C32H36N2O4/c1-3-5-7-21-37-25-13-9-23(10-14-25)33-27-17-19-30(36)32-28(18-20-29(35)31(27)32)34-24-11-15-26(16-12-24)38-22-8-6-4-2/h9-20,33,36H,3-8,21-22H2,1-2H3. The van der Waals surface area contributed by atoms with Gasteiger partial charge >= 0.3 is 0 Å². The number of fused-ring (bicyclic) bond motifs is 1. The van der Waals surface area contributed by atoms with Crippen LogP contribution in [0.2, 0.25) is 0 Å². The van der Waals surface area contributed by atoms with Gasteiger partial charge in [-0.2, -0.15) is 0 Å². The quantitative estimate of drug-likeness (QED) is 0.178. The Bertz CT molecular complexity index is 1280. The van der Waals surface area contributed by atoms with Crippen LogP contribution in [-0.2, 0) is 0 Å². The summed E-state index contributed by atoms with van der Waals surface area (Å²) < 4.78 is 11.6. The first kappa shape index (κ1) is 27.0. The molecule has 0 amide bonds. The van der Waals surface area contributed by atoms with Crippen LogP contribution >= 0.6 is 0 Å². The third-order valence-electron chi connectivity index (χ3n) is 6.33. The van der Waals surface area contributed by atoms with Gasteiger partial charge in [-0.05, 0) is 85.7 Å². The van der Waals surface area contributed by atoms with E-state index in [1.807, 2.05) is 48.5 Å². The molecule has 0 radical (unpaired) electrons. The van der Waals surface area contributed by atoms with Crippen molar-refractivity contribution in [3.05, 3.63) is 83.9 Å². The van der Waals surface area contributed by atoms with E-state index < -0.39 is 0 Å². The number of phenolic OH excluding ortho intramolecular Hbond substituents is 1. The second kappa shape index (κ2) is 13.5. The van der Waals surface area contributed by atoms with Gasteiger partial charge in [0.25, 0.3) is 0 Å². The summed E-state index contributed by atoms with van der Waals surface area (Å²) in [6.45, 7) is 5.72.